The van der Waals surface area contributed by atoms with Gasteiger partial charge in [-0.3, -0.25) is 19.4 Å². The number of aliphatic imine (C=N–C) groups is 1. The second kappa shape index (κ2) is 12.0. The van der Waals surface area contributed by atoms with Crippen LogP contribution in [0.1, 0.15) is 60.5 Å². The van der Waals surface area contributed by atoms with Crippen molar-refractivity contribution in [2.75, 3.05) is 37.4 Å². The maximum atomic E-state index is 13.2. The zero-order valence-electron chi connectivity index (χ0n) is 21.9. The molecule has 1 saturated heterocycles. The minimum Gasteiger partial charge on any atom is -0.336 e. The van der Waals surface area contributed by atoms with Crippen molar-refractivity contribution >= 4 is 40.1 Å². The minimum atomic E-state index is -3.91. The Morgan fingerprint density at radius 2 is 1.84 bits per heavy atom. The number of hydrogen-bond acceptors (Lipinski definition) is 5. The zero-order valence-corrected chi connectivity index (χ0v) is 22.8. The number of hydrogen-bond donors (Lipinski definition) is 1. The van der Waals surface area contributed by atoms with E-state index in [0.29, 0.717) is 28.1 Å². The Bertz CT molecular complexity index is 1260. The summed E-state index contributed by atoms with van der Waals surface area (Å²) in [6, 6.07) is 10.1. The van der Waals surface area contributed by atoms with Crippen molar-refractivity contribution in [1.82, 2.24) is 9.80 Å². The number of amides is 1. The minimum absolute atomic E-state index is 0.00739. The number of rotatable bonds is 8. The predicted molar refractivity (Wildman–Crippen MR) is 151 cm³/mol. The van der Waals surface area contributed by atoms with Crippen LogP contribution >= 0.6 is 0 Å². The first-order valence-corrected chi connectivity index (χ1v) is 14.7. The molecule has 1 saturated carbocycles. The molecule has 0 unspecified atom stereocenters. The third-order valence-corrected chi connectivity index (χ3v) is 8.84. The molecular weight excluding hydrogens is 484 g/mol. The van der Waals surface area contributed by atoms with Gasteiger partial charge in [-0.2, -0.15) is 0 Å². The summed E-state index contributed by atoms with van der Waals surface area (Å²) in [5, 5.41) is 0. The highest BCUT2D eigenvalue weighted by Crippen LogP contribution is 2.31. The maximum absolute atomic E-state index is 13.2. The van der Waals surface area contributed by atoms with E-state index in [1.807, 2.05) is 17.9 Å². The molecule has 0 bridgehead atoms. The van der Waals surface area contributed by atoms with Crippen LogP contribution in [0.2, 0.25) is 0 Å². The van der Waals surface area contributed by atoms with E-state index >= 15 is 0 Å². The molecule has 1 heterocycles. The second-order valence-corrected chi connectivity index (χ2v) is 11.7. The molecule has 2 aliphatic rings. The van der Waals surface area contributed by atoms with Crippen molar-refractivity contribution in [3.8, 4) is 0 Å². The summed E-state index contributed by atoms with van der Waals surface area (Å²) in [5.41, 5.74) is 2.67. The van der Waals surface area contributed by atoms with E-state index in [1.165, 1.54) is 38.2 Å². The fraction of sp³-hybridized carbons (Fsp3) is 0.448. The van der Waals surface area contributed by atoms with Crippen LogP contribution in [0.25, 0.3) is 6.08 Å². The number of carbonyl (C=O) groups is 1. The van der Waals surface area contributed by atoms with Gasteiger partial charge in [-0.1, -0.05) is 43.5 Å². The molecule has 2 aromatic carbocycles. The molecule has 1 N–H and O–H groups in total. The standard InChI is InChI=1S/C29H38N4O3S/c1-4-9-24-12-8-13-27(28(24)30-3)37(35,36)31-26-15-14-25(20-22(26)2)29(34)33-18-16-32(17-19-33)21-23-10-6-5-7-11-23/h4,8-9,12-15,20,23,31H,3,5-7,10-11,16-19,21H2,1-2H3/b9-4-. The fourth-order valence-corrected chi connectivity index (χ4v) is 6.72. The summed E-state index contributed by atoms with van der Waals surface area (Å²) in [5.74, 6) is 0.797. The van der Waals surface area contributed by atoms with Gasteiger partial charge in [-0.05, 0) is 69.2 Å². The molecule has 0 aromatic heterocycles. The Morgan fingerprint density at radius 3 is 2.49 bits per heavy atom. The van der Waals surface area contributed by atoms with Gasteiger partial charge in [0.1, 0.15) is 4.90 Å². The summed E-state index contributed by atoms with van der Waals surface area (Å²) >= 11 is 0. The lowest BCUT2D eigenvalue weighted by Gasteiger charge is -2.37. The third kappa shape index (κ3) is 6.48. The van der Waals surface area contributed by atoms with E-state index in [4.69, 9.17) is 0 Å². The molecule has 8 heteroatoms. The van der Waals surface area contributed by atoms with Crippen LogP contribution in [0.5, 0.6) is 0 Å². The second-order valence-electron chi connectivity index (χ2n) is 10.1. The number of nitrogens with zero attached hydrogens (tertiary/aromatic N) is 3. The van der Waals surface area contributed by atoms with Crippen LogP contribution in [0.15, 0.2) is 52.4 Å². The van der Waals surface area contributed by atoms with Crippen LogP contribution in [-0.4, -0.2) is 63.6 Å². The number of sulfonamides is 1. The van der Waals surface area contributed by atoms with E-state index < -0.39 is 10.0 Å². The number of para-hydroxylation sites is 1. The highest BCUT2D eigenvalue weighted by Gasteiger charge is 2.26. The normalized spacial score (nSPS) is 17.7. The summed E-state index contributed by atoms with van der Waals surface area (Å²) in [6.07, 6.45) is 10.4. The number of aryl methyl sites for hydroxylation is 1. The summed E-state index contributed by atoms with van der Waals surface area (Å²) in [7, 11) is -3.91. The monoisotopic (exact) mass is 522 g/mol. The van der Waals surface area contributed by atoms with Crippen LogP contribution in [0, 0.1) is 12.8 Å². The lowest BCUT2D eigenvalue weighted by molar-refractivity contribution is 0.0606. The highest BCUT2D eigenvalue weighted by atomic mass is 32.2. The quantitative estimate of drug-likeness (QED) is 0.464. The lowest BCUT2D eigenvalue weighted by Crippen LogP contribution is -2.49. The van der Waals surface area contributed by atoms with Crippen molar-refractivity contribution in [3.63, 3.8) is 0 Å². The van der Waals surface area contributed by atoms with Gasteiger partial charge in [-0.15, -0.1) is 0 Å². The molecule has 0 radical (unpaired) electrons. The molecule has 1 aliphatic heterocycles. The van der Waals surface area contributed by atoms with E-state index in [1.54, 1.807) is 43.3 Å². The number of carbonyl (C=O) groups excluding carboxylic acids is 1. The van der Waals surface area contributed by atoms with Gasteiger partial charge in [0.05, 0.1) is 11.4 Å². The third-order valence-electron chi connectivity index (χ3n) is 7.44. The first-order chi connectivity index (χ1) is 17.8. The molecule has 4 rings (SSSR count). The molecule has 198 valence electrons. The van der Waals surface area contributed by atoms with Gasteiger partial charge in [0.25, 0.3) is 15.9 Å². The van der Waals surface area contributed by atoms with E-state index in [-0.39, 0.29) is 10.8 Å². The Balaban J connectivity index is 1.42. The first kappa shape index (κ1) is 27.1. The molecule has 0 spiro atoms. The van der Waals surface area contributed by atoms with Gasteiger partial charge in [-0.25, -0.2) is 8.42 Å². The summed E-state index contributed by atoms with van der Waals surface area (Å²) < 4.78 is 29.1. The summed E-state index contributed by atoms with van der Waals surface area (Å²) in [6.45, 7) is 11.6. The highest BCUT2D eigenvalue weighted by molar-refractivity contribution is 7.92. The van der Waals surface area contributed by atoms with Gasteiger partial charge < -0.3 is 4.90 Å². The molecule has 0 atom stereocenters. The molecule has 1 aliphatic carbocycles. The average Bonchev–Trinajstić information content (AvgIpc) is 2.90. The number of nitrogens with one attached hydrogen (secondary N) is 1. The Labute approximate surface area is 221 Å². The maximum Gasteiger partial charge on any atom is 0.264 e. The van der Waals surface area contributed by atoms with Crippen LogP contribution in [0.4, 0.5) is 11.4 Å². The number of anilines is 1. The Morgan fingerprint density at radius 1 is 1.11 bits per heavy atom. The molecule has 37 heavy (non-hydrogen) atoms. The van der Waals surface area contributed by atoms with Crippen molar-refractivity contribution in [2.24, 2.45) is 10.9 Å². The lowest BCUT2D eigenvalue weighted by atomic mass is 9.89. The fourth-order valence-electron chi connectivity index (χ4n) is 5.40. The van der Waals surface area contributed by atoms with Crippen LogP contribution in [-0.2, 0) is 10.0 Å². The molecule has 1 amide bonds. The van der Waals surface area contributed by atoms with Crippen molar-refractivity contribution in [3.05, 3.63) is 59.2 Å². The van der Waals surface area contributed by atoms with Crippen molar-refractivity contribution < 1.29 is 13.2 Å². The van der Waals surface area contributed by atoms with E-state index in [2.05, 4.69) is 21.3 Å². The summed E-state index contributed by atoms with van der Waals surface area (Å²) in [4.78, 5) is 21.6. The number of piperazine rings is 1. The van der Waals surface area contributed by atoms with Crippen LogP contribution in [0.3, 0.4) is 0 Å². The van der Waals surface area contributed by atoms with Crippen molar-refractivity contribution in [1.29, 1.82) is 0 Å². The largest absolute Gasteiger partial charge is 0.336 e. The first-order valence-electron chi connectivity index (χ1n) is 13.2. The predicted octanol–water partition coefficient (Wildman–Crippen LogP) is 5.50. The Hall–Kier alpha value is -2.97. The van der Waals surface area contributed by atoms with Gasteiger partial charge in [0, 0.05) is 43.9 Å². The smallest absolute Gasteiger partial charge is 0.264 e. The molecular formula is C29H38N4O3S. The number of benzene rings is 2. The average molecular weight is 523 g/mol. The molecule has 7 nitrogen and oxygen atoms in total. The molecule has 2 aromatic rings. The van der Waals surface area contributed by atoms with Crippen molar-refractivity contribution in [2.45, 2.75) is 50.8 Å². The molecule has 2 fully saturated rings. The van der Waals surface area contributed by atoms with Crippen LogP contribution < -0.4 is 4.72 Å². The SMILES string of the molecule is C=Nc1c(/C=C\C)cccc1S(=O)(=O)Nc1ccc(C(=O)N2CCN(CC3CCCCC3)CC2)cc1C. The van der Waals surface area contributed by atoms with Gasteiger partial charge >= 0.3 is 0 Å². The topological polar surface area (TPSA) is 82.1 Å². The van der Waals surface area contributed by atoms with Gasteiger partial charge in [0.15, 0.2) is 0 Å². The zero-order chi connectivity index (χ0) is 26.4. The Kier molecular flexibility index (Phi) is 8.82. The van der Waals surface area contributed by atoms with E-state index in [9.17, 15) is 13.2 Å². The van der Waals surface area contributed by atoms with E-state index in [0.717, 1.165) is 38.6 Å². The van der Waals surface area contributed by atoms with Gasteiger partial charge in [0.2, 0.25) is 0 Å². The number of allylic oxidation sites excluding steroid dienone is 1.